The van der Waals surface area contributed by atoms with Crippen LogP contribution in [0.3, 0.4) is 0 Å². The summed E-state index contributed by atoms with van der Waals surface area (Å²) < 4.78 is 11.4. The molecule has 0 aliphatic carbocycles. The minimum Gasteiger partial charge on any atom is -0.381 e. The van der Waals surface area contributed by atoms with E-state index in [-0.39, 0.29) is 24.0 Å². The Balaban J connectivity index is 0.00000450. The molecule has 0 spiro atoms. The van der Waals surface area contributed by atoms with Crippen molar-refractivity contribution in [3.05, 3.63) is 35.4 Å². The minimum atomic E-state index is 0. The lowest BCUT2D eigenvalue weighted by Gasteiger charge is -2.30. The molecule has 0 atom stereocenters. The van der Waals surface area contributed by atoms with Gasteiger partial charge in [0.2, 0.25) is 0 Å². The molecule has 1 fully saturated rings. The first kappa shape index (κ1) is 27.1. The van der Waals surface area contributed by atoms with E-state index in [0.717, 1.165) is 51.6 Å². The zero-order chi connectivity index (χ0) is 21.1. The maximum atomic E-state index is 5.99. The summed E-state index contributed by atoms with van der Waals surface area (Å²) in [5.41, 5.74) is 2.44. The standard InChI is InChI=1S/C23H40N4O2.HI/c1-18(2)27(19(3)4)13-12-25-23(24-5)26-16-20-6-8-21(9-7-20)17-29-22-10-14-28-15-11-22;/h6-9,18-19,22H,10-17H2,1-5H3,(H2,24,25,26);1H. The molecule has 6 nitrogen and oxygen atoms in total. The molecule has 0 aromatic heterocycles. The van der Waals surface area contributed by atoms with Crippen LogP contribution in [0.15, 0.2) is 29.3 Å². The number of ether oxygens (including phenoxy) is 2. The van der Waals surface area contributed by atoms with Crippen molar-refractivity contribution in [1.82, 2.24) is 15.5 Å². The van der Waals surface area contributed by atoms with Gasteiger partial charge < -0.3 is 20.1 Å². The Morgan fingerprint density at radius 2 is 1.67 bits per heavy atom. The van der Waals surface area contributed by atoms with Crippen molar-refractivity contribution in [2.75, 3.05) is 33.4 Å². The first-order valence-corrected chi connectivity index (χ1v) is 11.0. The number of hydrogen-bond acceptors (Lipinski definition) is 4. The molecular weight excluding hydrogens is 491 g/mol. The first-order chi connectivity index (χ1) is 14.0. The van der Waals surface area contributed by atoms with Crippen LogP contribution >= 0.6 is 24.0 Å². The molecule has 0 unspecified atom stereocenters. The number of guanidine groups is 1. The number of nitrogens with zero attached hydrogens (tertiary/aromatic N) is 2. The van der Waals surface area contributed by atoms with Gasteiger partial charge in [-0.25, -0.2) is 0 Å². The average Bonchev–Trinajstić information content (AvgIpc) is 2.72. The second kappa shape index (κ2) is 15.0. The molecule has 0 radical (unpaired) electrons. The van der Waals surface area contributed by atoms with Gasteiger partial charge in [-0.3, -0.25) is 9.89 Å². The number of halogens is 1. The van der Waals surface area contributed by atoms with E-state index in [0.29, 0.717) is 24.8 Å². The Morgan fingerprint density at radius 3 is 2.23 bits per heavy atom. The van der Waals surface area contributed by atoms with Gasteiger partial charge in [-0.2, -0.15) is 0 Å². The third-order valence-electron chi connectivity index (χ3n) is 5.35. The SMILES string of the molecule is CN=C(NCCN(C(C)C)C(C)C)NCc1ccc(COC2CCOCC2)cc1.I. The van der Waals surface area contributed by atoms with E-state index in [1.165, 1.54) is 11.1 Å². The maximum absolute atomic E-state index is 5.99. The molecule has 1 aliphatic rings. The number of hydrogen-bond donors (Lipinski definition) is 2. The second-order valence-electron chi connectivity index (χ2n) is 8.22. The average molecular weight is 533 g/mol. The third-order valence-corrected chi connectivity index (χ3v) is 5.35. The van der Waals surface area contributed by atoms with Gasteiger partial charge in [-0.1, -0.05) is 24.3 Å². The fraction of sp³-hybridized carbons (Fsp3) is 0.696. The Morgan fingerprint density at radius 1 is 1.07 bits per heavy atom. The van der Waals surface area contributed by atoms with Crippen LogP contribution < -0.4 is 10.6 Å². The van der Waals surface area contributed by atoms with Gasteiger partial charge in [0, 0.05) is 52.0 Å². The van der Waals surface area contributed by atoms with Crippen molar-refractivity contribution >= 4 is 29.9 Å². The van der Waals surface area contributed by atoms with Crippen molar-refractivity contribution in [3.8, 4) is 0 Å². The quantitative estimate of drug-likeness (QED) is 0.273. The fourth-order valence-electron chi connectivity index (χ4n) is 3.63. The van der Waals surface area contributed by atoms with Gasteiger partial charge in [-0.05, 0) is 51.7 Å². The summed E-state index contributed by atoms with van der Waals surface area (Å²) in [5.74, 6) is 0.837. The summed E-state index contributed by atoms with van der Waals surface area (Å²) >= 11 is 0. The molecule has 0 amide bonds. The van der Waals surface area contributed by atoms with E-state index in [4.69, 9.17) is 9.47 Å². The molecule has 0 saturated carbocycles. The Hall–Kier alpha value is -0.900. The van der Waals surface area contributed by atoms with E-state index in [9.17, 15) is 0 Å². The zero-order valence-corrected chi connectivity index (χ0v) is 21.6. The molecule has 2 N–H and O–H groups in total. The maximum Gasteiger partial charge on any atom is 0.191 e. The highest BCUT2D eigenvalue weighted by Crippen LogP contribution is 2.14. The lowest BCUT2D eigenvalue weighted by molar-refractivity contribution is -0.0390. The van der Waals surface area contributed by atoms with Crippen LogP contribution in [0.5, 0.6) is 0 Å². The monoisotopic (exact) mass is 532 g/mol. The van der Waals surface area contributed by atoms with Gasteiger partial charge in [0.1, 0.15) is 0 Å². The first-order valence-electron chi connectivity index (χ1n) is 11.0. The van der Waals surface area contributed by atoms with Crippen LogP contribution in [0.4, 0.5) is 0 Å². The normalized spacial score (nSPS) is 15.5. The predicted octanol–water partition coefficient (Wildman–Crippen LogP) is 3.78. The summed E-state index contributed by atoms with van der Waals surface area (Å²) in [7, 11) is 1.81. The Bertz CT molecular complexity index is 594. The van der Waals surface area contributed by atoms with Crippen molar-refractivity contribution in [2.45, 2.75) is 71.9 Å². The molecule has 1 aromatic carbocycles. The van der Waals surface area contributed by atoms with E-state index >= 15 is 0 Å². The number of aliphatic imine (C=N–C) groups is 1. The predicted molar refractivity (Wildman–Crippen MR) is 136 cm³/mol. The fourth-order valence-corrected chi connectivity index (χ4v) is 3.63. The lowest BCUT2D eigenvalue weighted by Crippen LogP contribution is -2.45. The summed E-state index contributed by atoms with van der Waals surface area (Å²) in [4.78, 5) is 6.81. The third kappa shape index (κ3) is 9.94. The topological polar surface area (TPSA) is 58.1 Å². The van der Waals surface area contributed by atoms with Crippen LogP contribution in [0, 0.1) is 0 Å². The van der Waals surface area contributed by atoms with Gasteiger partial charge in [0.05, 0.1) is 12.7 Å². The highest BCUT2D eigenvalue weighted by Gasteiger charge is 2.14. The molecular formula is C23H41IN4O2. The van der Waals surface area contributed by atoms with Crippen LogP contribution in [0.1, 0.15) is 51.7 Å². The molecule has 1 aliphatic heterocycles. The summed E-state index contributed by atoms with van der Waals surface area (Å²) in [6.45, 7) is 13.9. The van der Waals surface area contributed by atoms with Crippen molar-refractivity contribution in [1.29, 1.82) is 0 Å². The largest absolute Gasteiger partial charge is 0.381 e. The minimum absolute atomic E-state index is 0. The van der Waals surface area contributed by atoms with Gasteiger partial charge in [0.15, 0.2) is 5.96 Å². The van der Waals surface area contributed by atoms with E-state index < -0.39 is 0 Å². The number of benzene rings is 1. The van der Waals surface area contributed by atoms with Crippen LogP contribution in [0.25, 0.3) is 0 Å². The number of nitrogens with one attached hydrogen (secondary N) is 2. The molecule has 0 bridgehead atoms. The van der Waals surface area contributed by atoms with E-state index in [1.54, 1.807) is 0 Å². The van der Waals surface area contributed by atoms with E-state index in [2.05, 4.69) is 72.5 Å². The second-order valence-corrected chi connectivity index (χ2v) is 8.22. The molecule has 172 valence electrons. The highest BCUT2D eigenvalue weighted by atomic mass is 127. The molecule has 7 heteroatoms. The Labute approximate surface area is 200 Å². The Kier molecular flexibility index (Phi) is 13.6. The van der Waals surface area contributed by atoms with Crippen LogP contribution in [0.2, 0.25) is 0 Å². The molecule has 1 saturated heterocycles. The van der Waals surface area contributed by atoms with E-state index in [1.807, 2.05) is 7.05 Å². The zero-order valence-electron chi connectivity index (χ0n) is 19.3. The van der Waals surface area contributed by atoms with Crippen molar-refractivity contribution in [3.63, 3.8) is 0 Å². The molecule has 2 rings (SSSR count). The van der Waals surface area contributed by atoms with Crippen molar-refractivity contribution < 1.29 is 9.47 Å². The summed E-state index contributed by atoms with van der Waals surface area (Å²) in [6, 6.07) is 9.69. The highest BCUT2D eigenvalue weighted by molar-refractivity contribution is 14.0. The van der Waals surface area contributed by atoms with Crippen LogP contribution in [-0.4, -0.2) is 62.4 Å². The summed E-state index contributed by atoms with van der Waals surface area (Å²) in [5, 5.41) is 6.81. The van der Waals surface area contributed by atoms with Gasteiger partial charge in [-0.15, -0.1) is 24.0 Å². The van der Waals surface area contributed by atoms with Crippen molar-refractivity contribution in [2.24, 2.45) is 4.99 Å². The molecule has 1 heterocycles. The van der Waals surface area contributed by atoms with Gasteiger partial charge in [0.25, 0.3) is 0 Å². The molecule has 1 aromatic rings. The summed E-state index contributed by atoms with van der Waals surface area (Å²) in [6.07, 6.45) is 2.34. The number of rotatable bonds is 10. The smallest absolute Gasteiger partial charge is 0.191 e. The van der Waals surface area contributed by atoms with Gasteiger partial charge >= 0.3 is 0 Å². The van der Waals surface area contributed by atoms with Crippen LogP contribution in [-0.2, 0) is 22.6 Å². The molecule has 30 heavy (non-hydrogen) atoms. The lowest BCUT2D eigenvalue weighted by atomic mass is 10.1.